The third-order valence-electron chi connectivity index (χ3n) is 2.29. The summed E-state index contributed by atoms with van der Waals surface area (Å²) in [5, 5.41) is 0.680. The zero-order valence-electron chi connectivity index (χ0n) is 9.62. The van der Waals surface area contributed by atoms with Crippen molar-refractivity contribution in [3.05, 3.63) is 41.4 Å². The predicted molar refractivity (Wildman–Crippen MR) is 65.6 cm³/mol. The molecule has 0 saturated heterocycles. The SMILES string of the molecule is CC(C)(C)c1ncc(-c2ccccc2Cl)o1. The number of hydrogen-bond donors (Lipinski definition) is 0. The molecule has 1 aromatic carbocycles. The van der Waals surface area contributed by atoms with Gasteiger partial charge in [-0.2, -0.15) is 0 Å². The van der Waals surface area contributed by atoms with Crippen molar-refractivity contribution in [3.8, 4) is 11.3 Å². The van der Waals surface area contributed by atoms with E-state index in [-0.39, 0.29) is 5.41 Å². The highest BCUT2D eigenvalue weighted by molar-refractivity contribution is 6.33. The summed E-state index contributed by atoms with van der Waals surface area (Å²) in [6.45, 7) is 6.19. The van der Waals surface area contributed by atoms with Crippen molar-refractivity contribution in [1.29, 1.82) is 0 Å². The summed E-state index contributed by atoms with van der Waals surface area (Å²) in [7, 11) is 0. The lowest BCUT2D eigenvalue weighted by Crippen LogP contribution is -2.10. The van der Waals surface area contributed by atoms with Crippen LogP contribution in [0.5, 0.6) is 0 Å². The fraction of sp³-hybridized carbons (Fsp3) is 0.308. The van der Waals surface area contributed by atoms with E-state index >= 15 is 0 Å². The van der Waals surface area contributed by atoms with Gasteiger partial charge in [-0.1, -0.05) is 44.5 Å². The van der Waals surface area contributed by atoms with Crippen LogP contribution in [0.15, 0.2) is 34.9 Å². The number of halogens is 1. The number of benzene rings is 1. The second-order valence-electron chi connectivity index (χ2n) is 4.76. The molecular formula is C13H14ClNO. The molecule has 0 fully saturated rings. The molecule has 3 heteroatoms. The van der Waals surface area contributed by atoms with Crippen LogP contribution in [0.3, 0.4) is 0 Å². The van der Waals surface area contributed by atoms with E-state index in [9.17, 15) is 0 Å². The Kier molecular flexibility index (Phi) is 2.76. The van der Waals surface area contributed by atoms with Crippen LogP contribution >= 0.6 is 11.6 Å². The van der Waals surface area contributed by atoms with Crippen LogP contribution < -0.4 is 0 Å². The molecule has 1 heterocycles. The van der Waals surface area contributed by atoms with Gasteiger partial charge in [0, 0.05) is 11.0 Å². The molecule has 2 rings (SSSR count). The molecule has 2 nitrogen and oxygen atoms in total. The van der Waals surface area contributed by atoms with E-state index in [0.717, 1.165) is 17.2 Å². The van der Waals surface area contributed by atoms with Gasteiger partial charge in [0.1, 0.15) is 0 Å². The number of aromatic nitrogens is 1. The van der Waals surface area contributed by atoms with Gasteiger partial charge in [-0.05, 0) is 12.1 Å². The molecule has 2 aromatic rings. The number of rotatable bonds is 1. The van der Waals surface area contributed by atoms with Gasteiger partial charge < -0.3 is 4.42 Å². The lowest BCUT2D eigenvalue weighted by molar-refractivity contribution is 0.399. The van der Waals surface area contributed by atoms with Gasteiger partial charge in [0.2, 0.25) is 0 Å². The molecule has 1 aromatic heterocycles. The molecule has 0 bridgehead atoms. The minimum atomic E-state index is -0.0838. The monoisotopic (exact) mass is 235 g/mol. The van der Waals surface area contributed by atoms with E-state index in [1.165, 1.54) is 0 Å². The molecule has 0 saturated carbocycles. The molecule has 0 N–H and O–H groups in total. The molecule has 0 amide bonds. The zero-order valence-corrected chi connectivity index (χ0v) is 10.4. The summed E-state index contributed by atoms with van der Waals surface area (Å²) in [4.78, 5) is 4.28. The normalized spacial score (nSPS) is 11.8. The zero-order chi connectivity index (χ0) is 11.8. The van der Waals surface area contributed by atoms with E-state index in [4.69, 9.17) is 16.0 Å². The highest BCUT2D eigenvalue weighted by Gasteiger charge is 2.20. The number of oxazole rings is 1. The minimum Gasteiger partial charge on any atom is -0.440 e. The van der Waals surface area contributed by atoms with Gasteiger partial charge >= 0.3 is 0 Å². The number of nitrogens with zero attached hydrogens (tertiary/aromatic N) is 1. The van der Waals surface area contributed by atoms with Gasteiger partial charge in [-0.25, -0.2) is 4.98 Å². The molecule has 0 unspecified atom stereocenters. The topological polar surface area (TPSA) is 26.0 Å². The van der Waals surface area contributed by atoms with Gasteiger partial charge in [-0.3, -0.25) is 0 Å². The first kappa shape index (κ1) is 11.2. The molecule has 84 valence electrons. The van der Waals surface area contributed by atoms with Crippen molar-refractivity contribution in [2.45, 2.75) is 26.2 Å². The van der Waals surface area contributed by atoms with E-state index in [0.29, 0.717) is 5.02 Å². The molecule has 0 spiro atoms. The van der Waals surface area contributed by atoms with E-state index < -0.39 is 0 Å². The van der Waals surface area contributed by atoms with Crippen LogP contribution in [-0.4, -0.2) is 4.98 Å². The van der Waals surface area contributed by atoms with Gasteiger partial charge in [0.15, 0.2) is 11.7 Å². The van der Waals surface area contributed by atoms with Crippen molar-refractivity contribution in [2.24, 2.45) is 0 Å². The van der Waals surface area contributed by atoms with E-state index in [2.05, 4.69) is 25.8 Å². The maximum atomic E-state index is 6.09. The van der Waals surface area contributed by atoms with Crippen molar-refractivity contribution < 1.29 is 4.42 Å². The Hall–Kier alpha value is -1.28. The maximum absolute atomic E-state index is 6.09. The quantitative estimate of drug-likeness (QED) is 0.737. The molecule has 0 radical (unpaired) electrons. The van der Waals surface area contributed by atoms with Crippen LogP contribution in [0.2, 0.25) is 5.02 Å². The Labute approximate surface area is 100 Å². The Bertz CT molecular complexity index is 497. The van der Waals surface area contributed by atoms with Crippen LogP contribution in [0.1, 0.15) is 26.7 Å². The van der Waals surface area contributed by atoms with Gasteiger partial charge in [0.05, 0.1) is 11.2 Å². The lowest BCUT2D eigenvalue weighted by Gasteiger charge is -2.12. The van der Waals surface area contributed by atoms with Crippen LogP contribution in [0, 0.1) is 0 Å². The molecular weight excluding hydrogens is 222 g/mol. The summed E-state index contributed by atoms with van der Waals surface area (Å²) in [5.74, 6) is 1.44. The lowest BCUT2D eigenvalue weighted by atomic mass is 9.97. The van der Waals surface area contributed by atoms with E-state index in [1.807, 2.05) is 24.3 Å². The first-order valence-corrected chi connectivity index (χ1v) is 5.57. The average Bonchev–Trinajstić information content (AvgIpc) is 2.66. The minimum absolute atomic E-state index is 0.0838. The Morgan fingerprint density at radius 2 is 1.88 bits per heavy atom. The second-order valence-corrected chi connectivity index (χ2v) is 5.17. The van der Waals surface area contributed by atoms with E-state index in [1.54, 1.807) is 6.20 Å². The van der Waals surface area contributed by atoms with Crippen LogP contribution in [0.25, 0.3) is 11.3 Å². The summed E-state index contributed by atoms with van der Waals surface area (Å²) < 4.78 is 5.72. The van der Waals surface area contributed by atoms with Gasteiger partial charge in [-0.15, -0.1) is 0 Å². The van der Waals surface area contributed by atoms with Crippen molar-refractivity contribution in [1.82, 2.24) is 4.98 Å². The fourth-order valence-corrected chi connectivity index (χ4v) is 1.64. The first-order valence-electron chi connectivity index (χ1n) is 5.20. The Balaban J connectivity index is 2.44. The maximum Gasteiger partial charge on any atom is 0.200 e. The molecule has 0 atom stereocenters. The summed E-state index contributed by atoms with van der Waals surface area (Å²) >= 11 is 6.09. The molecule has 0 aliphatic rings. The predicted octanol–water partition coefficient (Wildman–Crippen LogP) is 4.29. The summed E-state index contributed by atoms with van der Waals surface area (Å²) in [6, 6.07) is 7.60. The number of hydrogen-bond acceptors (Lipinski definition) is 2. The second kappa shape index (κ2) is 3.95. The molecule has 0 aliphatic carbocycles. The smallest absolute Gasteiger partial charge is 0.200 e. The third kappa shape index (κ3) is 2.12. The van der Waals surface area contributed by atoms with Gasteiger partial charge in [0.25, 0.3) is 0 Å². The van der Waals surface area contributed by atoms with Crippen molar-refractivity contribution in [3.63, 3.8) is 0 Å². The fourth-order valence-electron chi connectivity index (χ4n) is 1.41. The summed E-state index contributed by atoms with van der Waals surface area (Å²) in [5.41, 5.74) is 0.798. The average molecular weight is 236 g/mol. The third-order valence-corrected chi connectivity index (χ3v) is 2.62. The van der Waals surface area contributed by atoms with Crippen LogP contribution in [0.4, 0.5) is 0 Å². The van der Waals surface area contributed by atoms with Crippen molar-refractivity contribution >= 4 is 11.6 Å². The van der Waals surface area contributed by atoms with Crippen LogP contribution in [-0.2, 0) is 5.41 Å². The van der Waals surface area contributed by atoms with Crippen molar-refractivity contribution in [2.75, 3.05) is 0 Å². The Morgan fingerprint density at radius 1 is 1.19 bits per heavy atom. The molecule has 16 heavy (non-hydrogen) atoms. The standard InChI is InChI=1S/C13H14ClNO/c1-13(2,3)12-15-8-11(16-12)9-6-4-5-7-10(9)14/h4-8H,1-3H3. The highest BCUT2D eigenvalue weighted by Crippen LogP contribution is 2.31. The molecule has 0 aliphatic heterocycles. The highest BCUT2D eigenvalue weighted by atomic mass is 35.5. The largest absolute Gasteiger partial charge is 0.440 e. The first-order chi connectivity index (χ1) is 7.48. The Morgan fingerprint density at radius 3 is 2.44 bits per heavy atom. The summed E-state index contributed by atoms with van der Waals surface area (Å²) in [6.07, 6.45) is 1.72.